The number of nitrogens with zero attached hydrogens (tertiary/aromatic N) is 3. The van der Waals surface area contributed by atoms with Crippen LogP contribution in [0.25, 0.3) is 10.8 Å². The number of amides is 1. The van der Waals surface area contributed by atoms with Crippen LogP contribution >= 0.6 is 0 Å². The topological polar surface area (TPSA) is 59.8 Å². The van der Waals surface area contributed by atoms with Gasteiger partial charge in [-0.3, -0.25) is 4.79 Å². The zero-order valence-corrected chi connectivity index (χ0v) is 14.1. The van der Waals surface area contributed by atoms with Gasteiger partial charge in [-0.2, -0.15) is 15.0 Å². The lowest BCUT2D eigenvalue weighted by Crippen LogP contribution is -2.32. The van der Waals surface area contributed by atoms with Crippen molar-refractivity contribution in [2.45, 2.75) is 12.6 Å². The Labute approximate surface area is 151 Å². The predicted molar refractivity (Wildman–Crippen MR) is 101 cm³/mol. The highest BCUT2D eigenvalue weighted by Gasteiger charge is 2.17. The molecule has 5 nitrogen and oxygen atoms in total. The van der Waals surface area contributed by atoms with Gasteiger partial charge in [0.05, 0.1) is 25.0 Å². The molecule has 0 fully saturated rings. The van der Waals surface area contributed by atoms with E-state index in [0.29, 0.717) is 12.1 Å². The van der Waals surface area contributed by atoms with E-state index >= 15 is 0 Å². The second-order valence-corrected chi connectivity index (χ2v) is 6.08. The maximum atomic E-state index is 12.8. The Kier molecular flexibility index (Phi) is 4.43. The van der Waals surface area contributed by atoms with Crippen LogP contribution in [0.15, 0.2) is 85.2 Å². The van der Waals surface area contributed by atoms with Crippen LogP contribution in [-0.4, -0.2) is 20.9 Å². The molecule has 0 radical (unpaired) electrons. The minimum atomic E-state index is -0.220. The van der Waals surface area contributed by atoms with Gasteiger partial charge in [0.15, 0.2) is 0 Å². The summed E-state index contributed by atoms with van der Waals surface area (Å²) in [5.74, 6) is -0.114. The average Bonchev–Trinajstić information content (AvgIpc) is 3.21. The Morgan fingerprint density at radius 1 is 0.885 bits per heavy atom. The lowest BCUT2D eigenvalue weighted by Gasteiger charge is -2.19. The van der Waals surface area contributed by atoms with Gasteiger partial charge in [-0.1, -0.05) is 60.7 Å². The molecule has 128 valence electrons. The number of carbonyl (C=O) groups excluding carboxylic acids is 1. The number of rotatable bonds is 5. The summed E-state index contributed by atoms with van der Waals surface area (Å²) in [5.41, 5.74) is 1.65. The number of fused-ring (bicyclic) bond motifs is 1. The van der Waals surface area contributed by atoms with Crippen molar-refractivity contribution in [2.24, 2.45) is 0 Å². The van der Waals surface area contributed by atoms with Gasteiger partial charge >= 0.3 is 0 Å². The third kappa shape index (κ3) is 3.47. The fraction of sp³-hybridized carbons (Fsp3) is 0.0952. The van der Waals surface area contributed by atoms with Gasteiger partial charge in [0.2, 0.25) is 0 Å². The molecule has 4 rings (SSSR count). The van der Waals surface area contributed by atoms with Crippen molar-refractivity contribution >= 4 is 16.7 Å². The van der Waals surface area contributed by atoms with E-state index in [4.69, 9.17) is 0 Å². The van der Waals surface area contributed by atoms with Crippen LogP contribution in [0.3, 0.4) is 0 Å². The highest BCUT2D eigenvalue weighted by Crippen LogP contribution is 2.18. The van der Waals surface area contributed by atoms with E-state index in [0.717, 1.165) is 16.3 Å². The summed E-state index contributed by atoms with van der Waals surface area (Å²) in [7, 11) is 0. The summed E-state index contributed by atoms with van der Waals surface area (Å²) in [6.07, 6.45) is 3.26. The number of aromatic nitrogens is 3. The van der Waals surface area contributed by atoms with E-state index in [1.165, 1.54) is 0 Å². The highest BCUT2D eigenvalue weighted by atomic mass is 16.1. The molecule has 0 bridgehead atoms. The summed E-state index contributed by atoms with van der Waals surface area (Å²) >= 11 is 0. The second-order valence-electron chi connectivity index (χ2n) is 6.08. The third-order valence-corrected chi connectivity index (χ3v) is 4.33. The molecule has 1 aromatic heterocycles. The molecule has 0 saturated heterocycles. The molecule has 3 aromatic carbocycles. The number of carbonyl (C=O) groups is 1. The van der Waals surface area contributed by atoms with E-state index in [-0.39, 0.29) is 11.9 Å². The van der Waals surface area contributed by atoms with Crippen molar-refractivity contribution in [2.75, 3.05) is 0 Å². The van der Waals surface area contributed by atoms with E-state index < -0.39 is 0 Å². The Morgan fingerprint density at radius 3 is 2.35 bits per heavy atom. The summed E-state index contributed by atoms with van der Waals surface area (Å²) in [5, 5.41) is 13.6. The van der Waals surface area contributed by atoms with Crippen molar-refractivity contribution in [3.63, 3.8) is 0 Å². The van der Waals surface area contributed by atoms with Crippen LogP contribution in [0.1, 0.15) is 22.0 Å². The molecular formula is C21H18N4O. The van der Waals surface area contributed by atoms with Crippen LogP contribution in [-0.2, 0) is 6.54 Å². The number of hydrogen-bond acceptors (Lipinski definition) is 3. The Balaban J connectivity index is 1.60. The Morgan fingerprint density at radius 2 is 1.58 bits per heavy atom. The first-order chi connectivity index (χ1) is 12.8. The quantitative estimate of drug-likeness (QED) is 0.603. The van der Waals surface area contributed by atoms with Gasteiger partial charge in [-0.25, -0.2) is 0 Å². The minimum absolute atomic E-state index is 0.114. The van der Waals surface area contributed by atoms with Gasteiger partial charge in [-0.15, -0.1) is 0 Å². The standard InChI is InChI=1S/C21H18N4O/c26-21(19-11-10-16-6-4-5-9-18(16)14-19)24-20(15-25-22-12-13-23-25)17-7-2-1-3-8-17/h1-14,20H,15H2,(H,24,26). The monoisotopic (exact) mass is 342 g/mol. The normalized spacial score (nSPS) is 12.0. The maximum Gasteiger partial charge on any atom is 0.251 e. The molecule has 1 N–H and O–H groups in total. The van der Waals surface area contributed by atoms with Crippen LogP contribution in [0.2, 0.25) is 0 Å². The van der Waals surface area contributed by atoms with Crippen molar-refractivity contribution < 1.29 is 4.79 Å². The first-order valence-electron chi connectivity index (χ1n) is 8.48. The molecule has 1 amide bonds. The van der Waals surface area contributed by atoms with Gasteiger partial charge in [0.1, 0.15) is 0 Å². The second kappa shape index (κ2) is 7.19. The lowest BCUT2D eigenvalue weighted by atomic mass is 10.0. The molecule has 1 atom stereocenters. The van der Waals surface area contributed by atoms with E-state index in [1.54, 1.807) is 17.2 Å². The molecule has 1 heterocycles. The van der Waals surface area contributed by atoms with E-state index in [1.807, 2.05) is 72.8 Å². The zero-order valence-electron chi connectivity index (χ0n) is 14.1. The number of benzene rings is 3. The molecule has 0 aliphatic heterocycles. The van der Waals surface area contributed by atoms with Crippen molar-refractivity contribution in [3.05, 3.63) is 96.3 Å². The highest BCUT2D eigenvalue weighted by molar-refractivity contribution is 5.98. The summed E-state index contributed by atoms with van der Waals surface area (Å²) < 4.78 is 0. The zero-order chi connectivity index (χ0) is 17.8. The van der Waals surface area contributed by atoms with E-state index in [2.05, 4.69) is 15.5 Å². The summed E-state index contributed by atoms with van der Waals surface area (Å²) in [6, 6.07) is 23.4. The fourth-order valence-electron chi connectivity index (χ4n) is 2.99. The molecular weight excluding hydrogens is 324 g/mol. The van der Waals surface area contributed by atoms with Crippen LogP contribution in [0, 0.1) is 0 Å². The van der Waals surface area contributed by atoms with Gasteiger partial charge in [0, 0.05) is 5.56 Å². The molecule has 26 heavy (non-hydrogen) atoms. The molecule has 0 saturated carbocycles. The molecule has 0 spiro atoms. The smallest absolute Gasteiger partial charge is 0.251 e. The third-order valence-electron chi connectivity index (χ3n) is 4.33. The average molecular weight is 342 g/mol. The first-order valence-corrected chi connectivity index (χ1v) is 8.48. The van der Waals surface area contributed by atoms with Crippen molar-refractivity contribution in [3.8, 4) is 0 Å². The SMILES string of the molecule is O=C(NC(Cn1nccn1)c1ccccc1)c1ccc2ccccc2c1. The van der Waals surface area contributed by atoms with Gasteiger partial charge < -0.3 is 5.32 Å². The first kappa shape index (κ1) is 16.0. The number of nitrogens with one attached hydrogen (secondary N) is 1. The Hall–Kier alpha value is -3.47. The molecule has 4 aromatic rings. The van der Waals surface area contributed by atoms with Crippen molar-refractivity contribution in [1.29, 1.82) is 0 Å². The van der Waals surface area contributed by atoms with Crippen LogP contribution in [0.4, 0.5) is 0 Å². The van der Waals surface area contributed by atoms with Crippen LogP contribution in [0.5, 0.6) is 0 Å². The molecule has 0 aliphatic carbocycles. The predicted octanol–water partition coefficient (Wildman–Crippen LogP) is 3.60. The summed E-state index contributed by atoms with van der Waals surface area (Å²) in [6.45, 7) is 0.469. The minimum Gasteiger partial charge on any atom is -0.343 e. The number of hydrogen-bond donors (Lipinski definition) is 1. The molecule has 1 unspecified atom stereocenters. The molecule has 5 heteroatoms. The largest absolute Gasteiger partial charge is 0.343 e. The molecule has 0 aliphatic rings. The maximum absolute atomic E-state index is 12.8. The van der Waals surface area contributed by atoms with Crippen LogP contribution < -0.4 is 5.32 Å². The Bertz CT molecular complexity index is 1010. The van der Waals surface area contributed by atoms with Gasteiger partial charge in [0.25, 0.3) is 5.91 Å². The fourth-order valence-corrected chi connectivity index (χ4v) is 2.99. The summed E-state index contributed by atoms with van der Waals surface area (Å²) in [4.78, 5) is 14.4. The van der Waals surface area contributed by atoms with E-state index in [9.17, 15) is 4.79 Å². The van der Waals surface area contributed by atoms with Crippen molar-refractivity contribution in [1.82, 2.24) is 20.3 Å². The van der Waals surface area contributed by atoms with Gasteiger partial charge in [-0.05, 0) is 28.5 Å². The lowest BCUT2D eigenvalue weighted by molar-refractivity contribution is 0.0931.